The monoisotopic (exact) mass is 422 g/mol. The van der Waals surface area contributed by atoms with Gasteiger partial charge in [0.25, 0.3) is 10.0 Å². The molecular weight excluding hydrogens is 415 g/mol. The molecule has 0 aromatic heterocycles. The molecule has 0 bridgehead atoms. The third-order valence-electron chi connectivity index (χ3n) is 2.48. The molecule has 0 atom stereocenters. The van der Waals surface area contributed by atoms with E-state index < -0.39 is 15.8 Å². The number of rotatable bonds is 3. The summed E-state index contributed by atoms with van der Waals surface area (Å²) in [6, 6.07) is 8.38. The van der Waals surface area contributed by atoms with Crippen molar-refractivity contribution in [2.24, 2.45) is 0 Å². The Kier molecular flexibility index (Phi) is 4.36. The van der Waals surface area contributed by atoms with Gasteiger partial charge in [-0.3, -0.25) is 4.72 Å². The molecular formula is C12H9Br2FN2O2S. The zero-order chi connectivity index (χ0) is 14.9. The van der Waals surface area contributed by atoms with Crippen LogP contribution in [0.5, 0.6) is 0 Å². The van der Waals surface area contributed by atoms with Crippen molar-refractivity contribution in [3.63, 3.8) is 0 Å². The van der Waals surface area contributed by atoms with Gasteiger partial charge in [-0.2, -0.15) is 0 Å². The zero-order valence-electron chi connectivity index (χ0n) is 9.90. The molecule has 0 aliphatic carbocycles. The Bertz CT molecular complexity index is 746. The predicted octanol–water partition coefficient (Wildman–Crippen LogP) is 3.73. The van der Waals surface area contributed by atoms with Gasteiger partial charge in [-0.05, 0) is 62.2 Å². The summed E-state index contributed by atoms with van der Waals surface area (Å²) in [4.78, 5) is -0.112. The summed E-state index contributed by atoms with van der Waals surface area (Å²) in [5.74, 6) is -0.661. The summed E-state index contributed by atoms with van der Waals surface area (Å²) in [6.07, 6.45) is 0. The maximum atomic E-state index is 13.1. The smallest absolute Gasteiger partial charge is 0.262 e. The molecule has 0 aliphatic heterocycles. The highest BCUT2D eigenvalue weighted by Crippen LogP contribution is 2.32. The molecule has 3 N–H and O–H groups in total. The summed E-state index contributed by atoms with van der Waals surface area (Å²) < 4.78 is 41.1. The molecule has 0 amide bonds. The molecule has 2 aromatic rings. The van der Waals surface area contributed by atoms with Crippen LogP contribution >= 0.6 is 31.9 Å². The molecule has 4 nitrogen and oxygen atoms in total. The molecule has 2 rings (SSSR count). The highest BCUT2D eigenvalue weighted by molar-refractivity contribution is 9.11. The minimum Gasteiger partial charge on any atom is -0.396 e. The maximum absolute atomic E-state index is 13.1. The van der Waals surface area contributed by atoms with Crippen molar-refractivity contribution in [3.05, 3.63) is 51.2 Å². The fraction of sp³-hybridized carbons (Fsp3) is 0. The van der Waals surface area contributed by atoms with Gasteiger partial charge in [-0.25, -0.2) is 12.8 Å². The Morgan fingerprint density at radius 3 is 2.25 bits per heavy atom. The number of nitrogen functional groups attached to an aromatic ring is 1. The van der Waals surface area contributed by atoms with Crippen molar-refractivity contribution >= 4 is 53.3 Å². The van der Waals surface area contributed by atoms with E-state index in [9.17, 15) is 12.8 Å². The van der Waals surface area contributed by atoms with Crippen molar-refractivity contribution in [2.45, 2.75) is 4.90 Å². The minimum absolute atomic E-state index is 0.112. The van der Waals surface area contributed by atoms with Crippen LogP contribution in [0.3, 0.4) is 0 Å². The Morgan fingerprint density at radius 2 is 1.70 bits per heavy atom. The summed E-state index contributed by atoms with van der Waals surface area (Å²) in [5.41, 5.74) is 5.52. The first kappa shape index (κ1) is 15.3. The van der Waals surface area contributed by atoms with E-state index >= 15 is 0 Å². The van der Waals surface area contributed by atoms with Gasteiger partial charge >= 0.3 is 0 Å². The standard InChI is InChI=1S/C12H9Br2FN2O2S/c13-8-2-1-3-9(14)12(8)17-20(18,19)7-4-5-10(15)11(16)6-7/h1-6,17H,16H2. The van der Waals surface area contributed by atoms with Gasteiger partial charge in [-0.1, -0.05) is 6.07 Å². The van der Waals surface area contributed by atoms with Crippen LogP contribution in [0.1, 0.15) is 0 Å². The Morgan fingerprint density at radius 1 is 1.10 bits per heavy atom. The fourth-order valence-corrected chi connectivity index (χ4v) is 4.07. The van der Waals surface area contributed by atoms with E-state index in [1.165, 1.54) is 0 Å². The molecule has 106 valence electrons. The van der Waals surface area contributed by atoms with Gasteiger partial charge in [0.15, 0.2) is 0 Å². The number of halogens is 3. The Labute approximate surface area is 132 Å². The summed E-state index contributed by atoms with van der Waals surface area (Å²) in [7, 11) is -3.85. The van der Waals surface area contributed by atoms with Crippen molar-refractivity contribution in [1.82, 2.24) is 0 Å². The third kappa shape index (κ3) is 3.13. The summed E-state index contributed by atoms with van der Waals surface area (Å²) >= 11 is 6.51. The highest BCUT2D eigenvalue weighted by atomic mass is 79.9. The number of nitrogens with one attached hydrogen (secondary N) is 1. The second-order valence-electron chi connectivity index (χ2n) is 3.89. The molecule has 0 aliphatic rings. The van der Waals surface area contributed by atoms with Gasteiger partial charge in [0.05, 0.1) is 16.3 Å². The van der Waals surface area contributed by atoms with E-state index in [-0.39, 0.29) is 10.6 Å². The van der Waals surface area contributed by atoms with E-state index in [2.05, 4.69) is 36.6 Å². The van der Waals surface area contributed by atoms with Gasteiger partial charge in [0, 0.05) is 8.95 Å². The number of anilines is 2. The van der Waals surface area contributed by atoms with Crippen LogP contribution in [0.15, 0.2) is 50.2 Å². The van der Waals surface area contributed by atoms with Crippen LogP contribution in [0, 0.1) is 5.82 Å². The normalized spacial score (nSPS) is 11.3. The molecule has 0 saturated carbocycles. The first-order chi connectivity index (χ1) is 9.31. The van der Waals surface area contributed by atoms with Crippen molar-refractivity contribution < 1.29 is 12.8 Å². The lowest BCUT2D eigenvalue weighted by atomic mass is 10.3. The lowest BCUT2D eigenvalue weighted by molar-refractivity contribution is 0.600. The molecule has 0 radical (unpaired) electrons. The topological polar surface area (TPSA) is 72.2 Å². The second kappa shape index (κ2) is 5.71. The predicted molar refractivity (Wildman–Crippen MR) is 83.5 cm³/mol. The molecule has 0 heterocycles. The molecule has 2 aromatic carbocycles. The van der Waals surface area contributed by atoms with E-state index in [0.29, 0.717) is 14.6 Å². The molecule has 8 heteroatoms. The number of sulfonamides is 1. The van der Waals surface area contributed by atoms with Crippen LogP contribution in [0.25, 0.3) is 0 Å². The maximum Gasteiger partial charge on any atom is 0.262 e. The Hall–Kier alpha value is -1.12. The van der Waals surface area contributed by atoms with E-state index in [1.807, 2.05) is 0 Å². The summed E-state index contributed by atoms with van der Waals surface area (Å²) in [6.45, 7) is 0. The quantitative estimate of drug-likeness (QED) is 0.738. The number of hydrogen-bond donors (Lipinski definition) is 2. The van der Waals surface area contributed by atoms with E-state index in [1.54, 1.807) is 18.2 Å². The number of nitrogens with two attached hydrogens (primary N) is 1. The van der Waals surface area contributed by atoms with Crippen molar-refractivity contribution in [2.75, 3.05) is 10.5 Å². The van der Waals surface area contributed by atoms with E-state index in [4.69, 9.17) is 5.73 Å². The van der Waals surface area contributed by atoms with E-state index in [0.717, 1.165) is 18.2 Å². The Balaban J connectivity index is 2.43. The molecule has 0 fully saturated rings. The highest BCUT2D eigenvalue weighted by Gasteiger charge is 2.18. The third-order valence-corrected chi connectivity index (χ3v) is 5.15. The van der Waals surface area contributed by atoms with Crippen LogP contribution in [0.4, 0.5) is 15.8 Å². The second-order valence-corrected chi connectivity index (χ2v) is 7.28. The zero-order valence-corrected chi connectivity index (χ0v) is 13.9. The number of para-hydroxylation sites is 1. The number of hydrogen-bond acceptors (Lipinski definition) is 3. The minimum atomic E-state index is -3.85. The lowest BCUT2D eigenvalue weighted by Crippen LogP contribution is -2.14. The first-order valence-corrected chi connectivity index (χ1v) is 8.40. The SMILES string of the molecule is Nc1cc(S(=O)(=O)Nc2c(Br)cccc2Br)ccc1F. The average Bonchev–Trinajstić information content (AvgIpc) is 2.37. The fourth-order valence-electron chi connectivity index (χ4n) is 1.48. The molecule has 0 saturated heterocycles. The van der Waals surface area contributed by atoms with Gasteiger partial charge in [0.1, 0.15) is 5.82 Å². The van der Waals surface area contributed by atoms with Crippen LogP contribution in [-0.2, 0) is 10.0 Å². The van der Waals surface area contributed by atoms with Crippen LogP contribution in [0.2, 0.25) is 0 Å². The van der Waals surface area contributed by atoms with Crippen LogP contribution < -0.4 is 10.5 Å². The lowest BCUT2D eigenvalue weighted by Gasteiger charge is -2.12. The van der Waals surface area contributed by atoms with Gasteiger partial charge in [-0.15, -0.1) is 0 Å². The van der Waals surface area contributed by atoms with Crippen molar-refractivity contribution in [1.29, 1.82) is 0 Å². The van der Waals surface area contributed by atoms with Crippen molar-refractivity contribution in [3.8, 4) is 0 Å². The summed E-state index contributed by atoms with van der Waals surface area (Å²) in [5, 5.41) is 0. The molecule has 20 heavy (non-hydrogen) atoms. The average molecular weight is 424 g/mol. The first-order valence-electron chi connectivity index (χ1n) is 5.33. The van der Waals surface area contributed by atoms with Gasteiger partial charge < -0.3 is 5.73 Å². The van der Waals surface area contributed by atoms with Gasteiger partial charge in [0.2, 0.25) is 0 Å². The molecule has 0 unspecified atom stereocenters. The molecule has 0 spiro atoms. The number of benzene rings is 2. The van der Waals surface area contributed by atoms with Crippen LogP contribution in [-0.4, -0.2) is 8.42 Å². The largest absolute Gasteiger partial charge is 0.396 e.